The molecule has 0 saturated heterocycles. The average molecular weight is 173 g/mol. The van der Waals surface area contributed by atoms with Gasteiger partial charge in [0.15, 0.2) is 0 Å². The lowest BCUT2D eigenvalue weighted by Crippen LogP contribution is -2.21. The zero-order valence-corrected chi connectivity index (χ0v) is 7.74. The number of hydrogen-bond acceptors (Lipinski definition) is 3. The molecular weight excluding hydrogens is 158 g/mol. The maximum Gasteiger partial charge on any atom is 0.207 e. The van der Waals surface area contributed by atoms with Gasteiger partial charge in [-0.25, -0.2) is 0 Å². The van der Waals surface area contributed by atoms with Crippen molar-refractivity contribution in [2.45, 2.75) is 27.2 Å². The molecule has 0 amide bonds. The van der Waals surface area contributed by atoms with Gasteiger partial charge >= 0.3 is 0 Å². The molecule has 0 N–H and O–H groups in total. The summed E-state index contributed by atoms with van der Waals surface area (Å²) in [7, 11) is 0. The van der Waals surface area contributed by atoms with Crippen LogP contribution in [0.4, 0.5) is 0 Å². The number of carbonyl (C=O) groups is 1. The SMILES string of the molecule is CC(=O)C[C@@H](C[N+](=O)[O-])C(C)C. The Morgan fingerprint density at radius 1 is 1.50 bits per heavy atom. The van der Waals surface area contributed by atoms with E-state index in [9.17, 15) is 14.9 Å². The highest BCUT2D eigenvalue weighted by Gasteiger charge is 2.20. The number of Topliss-reactive ketones (excluding diaryl/α,β-unsaturated/α-hetero) is 1. The van der Waals surface area contributed by atoms with E-state index >= 15 is 0 Å². The molecule has 0 aliphatic rings. The molecule has 0 saturated carbocycles. The fraction of sp³-hybridized carbons (Fsp3) is 0.875. The Morgan fingerprint density at radius 3 is 2.25 bits per heavy atom. The molecule has 4 nitrogen and oxygen atoms in total. The number of ketones is 1. The lowest BCUT2D eigenvalue weighted by Gasteiger charge is -2.14. The Morgan fingerprint density at radius 2 is 2.00 bits per heavy atom. The molecule has 0 bridgehead atoms. The van der Waals surface area contributed by atoms with Gasteiger partial charge in [0.2, 0.25) is 6.54 Å². The van der Waals surface area contributed by atoms with Gasteiger partial charge in [-0.15, -0.1) is 0 Å². The van der Waals surface area contributed by atoms with Crippen LogP contribution in [0.25, 0.3) is 0 Å². The van der Waals surface area contributed by atoms with E-state index in [0.29, 0.717) is 6.42 Å². The molecule has 0 fully saturated rings. The molecule has 70 valence electrons. The molecule has 0 heterocycles. The van der Waals surface area contributed by atoms with Gasteiger partial charge in [0.25, 0.3) is 0 Å². The Labute approximate surface area is 72.1 Å². The Kier molecular flexibility index (Phi) is 4.47. The van der Waals surface area contributed by atoms with E-state index in [4.69, 9.17) is 0 Å². The van der Waals surface area contributed by atoms with Crippen molar-refractivity contribution in [3.8, 4) is 0 Å². The minimum atomic E-state index is -0.354. The molecule has 0 rings (SSSR count). The summed E-state index contributed by atoms with van der Waals surface area (Å²) in [5, 5.41) is 10.2. The zero-order valence-electron chi connectivity index (χ0n) is 7.74. The molecule has 4 heteroatoms. The molecule has 0 aromatic carbocycles. The first-order chi connectivity index (χ1) is 5.43. The first-order valence-electron chi connectivity index (χ1n) is 4.04. The van der Waals surface area contributed by atoms with Gasteiger partial charge in [-0.3, -0.25) is 10.1 Å². The molecule has 1 atom stereocenters. The van der Waals surface area contributed by atoms with Crippen LogP contribution >= 0.6 is 0 Å². The highest BCUT2D eigenvalue weighted by molar-refractivity contribution is 5.75. The summed E-state index contributed by atoms with van der Waals surface area (Å²) in [4.78, 5) is 20.6. The van der Waals surface area contributed by atoms with Crippen LogP contribution in [0, 0.1) is 22.0 Å². The van der Waals surface area contributed by atoms with Crippen molar-refractivity contribution >= 4 is 5.78 Å². The number of carbonyl (C=O) groups excluding carboxylic acids is 1. The lowest BCUT2D eigenvalue weighted by atomic mass is 9.91. The van der Waals surface area contributed by atoms with Gasteiger partial charge in [0.1, 0.15) is 5.78 Å². The van der Waals surface area contributed by atoms with E-state index < -0.39 is 0 Å². The highest BCUT2D eigenvalue weighted by atomic mass is 16.6. The molecule has 0 spiro atoms. The van der Waals surface area contributed by atoms with Crippen LogP contribution in [0.2, 0.25) is 0 Å². The van der Waals surface area contributed by atoms with Gasteiger partial charge in [0, 0.05) is 17.3 Å². The van der Waals surface area contributed by atoms with Gasteiger partial charge in [-0.05, 0) is 12.8 Å². The normalized spacial score (nSPS) is 13.0. The van der Waals surface area contributed by atoms with Crippen LogP contribution in [0.15, 0.2) is 0 Å². The van der Waals surface area contributed by atoms with E-state index in [1.54, 1.807) is 0 Å². The summed E-state index contributed by atoms with van der Waals surface area (Å²) in [6.07, 6.45) is 0.318. The predicted molar refractivity (Wildman–Crippen MR) is 45.5 cm³/mol. The maximum atomic E-state index is 10.7. The molecule has 0 aliphatic heterocycles. The Balaban J connectivity index is 4.04. The summed E-state index contributed by atoms with van der Waals surface area (Å²) >= 11 is 0. The minimum Gasteiger partial charge on any atom is -0.300 e. The van der Waals surface area contributed by atoms with Gasteiger partial charge in [0.05, 0.1) is 0 Å². The van der Waals surface area contributed by atoms with Crippen molar-refractivity contribution < 1.29 is 9.72 Å². The monoisotopic (exact) mass is 173 g/mol. The summed E-state index contributed by atoms with van der Waals surface area (Å²) in [6, 6.07) is 0. The number of nitro groups is 1. The van der Waals surface area contributed by atoms with Crippen molar-refractivity contribution in [3.63, 3.8) is 0 Å². The topological polar surface area (TPSA) is 60.2 Å². The van der Waals surface area contributed by atoms with Crippen LogP contribution in [0.1, 0.15) is 27.2 Å². The van der Waals surface area contributed by atoms with Crippen LogP contribution in [0.3, 0.4) is 0 Å². The standard InChI is InChI=1S/C8H15NO3/c1-6(2)8(4-7(3)10)5-9(11)12/h6,8H,4-5H2,1-3H3/t8-/m0/s1. The lowest BCUT2D eigenvalue weighted by molar-refractivity contribution is -0.489. The maximum absolute atomic E-state index is 10.7. The van der Waals surface area contributed by atoms with E-state index in [2.05, 4.69) is 0 Å². The molecule has 0 unspecified atom stereocenters. The van der Waals surface area contributed by atoms with Crippen LogP contribution in [0.5, 0.6) is 0 Å². The molecule has 0 aromatic heterocycles. The van der Waals surface area contributed by atoms with Crippen LogP contribution < -0.4 is 0 Å². The van der Waals surface area contributed by atoms with Crippen molar-refractivity contribution in [3.05, 3.63) is 10.1 Å². The highest BCUT2D eigenvalue weighted by Crippen LogP contribution is 2.15. The third-order valence-corrected chi connectivity index (χ3v) is 1.88. The first kappa shape index (κ1) is 11.1. The van der Waals surface area contributed by atoms with Crippen molar-refractivity contribution in [2.75, 3.05) is 6.54 Å². The van der Waals surface area contributed by atoms with E-state index in [0.717, 1.165) is 0 Å². The third kappa shape index (κ3) is 4.82. The van der Waals surface area contributed by atoms with Gasteiger partial charge in [-0.1, -0.05) is 13.8 Å². The number of hydrogen-bond donors (Lipinski definition) is 0. The molecule has 0 aliphatic carbocycles. The Bertz CT molecular complexity index is 161. The molecule has 12 heavy (non-hydrogen) atoms. The second-order valence-corrected chi connectivity index (χ2v) is 3.43. The van der Waals surface area contributed by atoms with E-state index in [1.807, 2.05) is 13.8 Å². The molecular formula is C8H15NO3. The fourth-order valence-electron chi connectivity index (χ4n) is 1.07. The minimum absolute atomic E-state index is 0.0237. The summed E-state index contributed by atoms with van der Waals surface area (Å²) in [5.74, 6) is 0.104. The largest absolute Gasteiger partial charge is 0.300 e. The quantitative estimate of drug-likeness (QED) is 0.467. The smallest absolute Gasteiger partial charge is 0.207 e. The number of rotatable bonds is 5. The van der Waals surface area contributed by atoms with Crippen LogP contribution in [-0.4, -0.2) is 17.3 Å². The molecule has 0 aromatic rings. The second-order valence-electron chi connectivity index (χ2n) is 3.43. The van der Waals surface area contributed by atoms with Crippen molar-refractivity contribution in [2.24, 2.45) is 11.8 Å². The first-order valence-corrected chi connectivity index (χ1v) is 4.04. The summed E-state index contributed by atoms with van der Waals surface area (Å²) in [6.45, 7) is 5.17. The predicted octanol–water partition coefficient (Wildman–Crippen LogP) is 1.51. The zero-order chi connectivity index (χ0) is 9.72. The second kappa shape index (κ2) is 4.85. The number of nitrogens with zero attached hydrogens (tertiary/aromatic N) is 1. The van der Waals surface area contributed by atoms with Gasteiger partial charge in [-0.2, -0.15) is 0 Å². The summed E-state index contributed by atoms with van der Waals surface area (Å²) in [5.41, 5.74) is 0. The van der Waals surface area contributed by atoms with Crippen molar-refractivity contribution in [1.29, 1.82) is 0 Å². The van der Waals surface area contributed by atoms with E-state index in [-0.39, 0.29) is 29.1 Å². The fourth-order valence-corrected chi connectivity index (χ4v) is 1.07. The Hall–Kier alpha value is -0.930. The molecule has 0 radical (unpaired) electrons. The van der Waals surface area contributed by atoms with E-state index in [1.165, 1.54) is 6.92 Å². The average Bonchev–Trinajstić information content (AvgIpc) is 1.83. The third-order valence-electron chi connectivity index (χ3n) is 1.88. The van der Waals surface area contributed by atoms with Crippen LogP contribution in [-0.2, 0) is 4.79 Å². The van der Waals surface area contributed by atoms with Gasteiger partial charge < -0.3 is 4.79 Å². The van der Waals surface area contributed by atoms with Crippen molar-refractivity contribution in [1.82, 2.24) is 0 Å². The summed E-state index contributed by atoms with van der Waals surface area (Å²) < 4.78 is 0.